The Balaban J connectivity index is 2.43. The van der Waals surface area contributed by atoms with Crippen molar-refractivity contribution in [2.24, 2.45) is 0 Å². The Morgan fingerprint density at radius 1 is 1.21 bits per heavy atom. The number of amides is 3. The summed E-state index contributed by atoms with van der Waals surface area (Å²) in [6.45, 7) is 4.25. The van der Waals surface area contributed by atoms with Crippen molar-refractivity contribution >= 4 is 40.8 Å². The first-order valence-corrected chi connectivity index (χ1v) is 6.76. The van der Waals surface area contributed by atoms with Crippen LogP contribution >= 0.6 is 23.2 Å². The molecule has 0 radical (unpaired) electrons. The van der Waals surface area contributed by atoms with Crippen molar-refractivity contribution < 1.29 is 9.59 Å². The molecule has 1 aliphatic rings. The third-order valence-corrected chi connectivity index (χ3v) is 3.58. The van der Waals surface area contributed by atoms with Crippen molar-refractivity contribution in [1.29, 1.82) is 0 Å². The van der Waals surface area contributed by atoms with Gasteiger partial charge in [-0.3, -0.25) is 4.79 Å². The number of benzene rings is 1. The van der Waals surface area contributed by atoms with E-state index < -0.39 is 0 Å². The zero-order valence-electron chi connectivity index (χ0n) is 10.7. The van der Waals surface area contributed by atoms with Crippen LogP contribution in [0.2, 0.25) is 10.0 Å². The van der Waals surface area contributed by atoms with Gasteiger partial charge in [0.15, 0.2) is 0 Å². The topological polar surface area (TPSA) is 40.6 Å². The lowest BCUT2D eigenvalue weighted by molar-refractivity contribution is -0.119. The van der Waals surface area contributed by atoms with Crippen LogP contribution in [0.5, 0.6) is 0 Å². The fourth-order valence-corrected chi connectivity index (χ4v) is 2.40. The van der Waals surface area contributed by atoms with Gasteiger partial charge in [0.2, 0.25) is 5.91 Å². The molecule has 1 aliphatic heterocycles. The maximum atomic E-state index is 12.4. The van der Waals surface area contributed by atoms with E-state index in [1.54, 1.807) is 17.0 Å². The second-order valence-corrected chi connectivity index (χ2v) is 5.49. The highest BCUT2D eigenvalue weighted by Gasteiger charge is 2.35. The van der Waals surface area contributed by atoms with Crippen LogP contribution < -0.4 is 4.90 Å². The Morgan fingerprint density at radius 2 is 1.89 bits per heavy atom. The average molecular weight is 301 g/mol. The number of carbonyl (C=O) groups is 2. The van der Waals surface area contributed by atoms with Crippen LogP contribution in [-0.4, -0.2) is 29.4 Å². The van der Waals surface area contributed by atoms with Crippen molar-refractivity contribution in [1.82, 2.24) is 4.90 Å². The van der Waals surface area contributed by atoms with E-state index in [9.17, 15) is 9.59 Å². The summed E-state index contributed by atoms with van der Waals surface area (Å²) in [5.41, 5.74) is 0.342. The molecule has 1 aromatic rings. The Labute approximate surface area is 121 Å². The van der Waals surface area contributed by atoms with Crippen LogP contribution in [0.15, 0.2) is 18.2 Å². The van der Waals surface area contributed by atoms with Crippen LogP contribution in [0.3, 0.4) is 0 Å². The van der Waals surface area contributed by atoms with E-state index in [1.807, 2.05) is 13.8 Å². The monoisotopic (exact) mass is 300 g/mol. The standard InChI is InChI=1S/C13H14Cl2N2O2/c1-8(2)16-6-5-12(18)17(13(16)19)11-7-9(14)3-4-10(11)15/h3-4,7-8H,5-6H2,1-2H3. The Kier molecular flexibility index (Phi) is 4.02. The molecule has 0 saturated carbocycles. The van der Waals surface area contributed by atoms with Crippen LogP contribution in [0, 0.1) is 0 Å². The van der Waals surface area contributed by atoms with Gasteiger partial charge >= 0.3 is 6.03 Å². The predicted octanol–water partition coefficient (Wildman–Crippen LogP) is 3.56. The van der Waals surface area contributed by atoms with Gasteiger partial charge in [0.05, 0.1) is 10.7 Å². The normalized spacial score (nSPS) is 16.5. The summed E-state index contributed by atoms with van der Waals surface area (Å²) in [4.78, 5) is 27.1. The van der Waals surface area contributed by atoms with Crippen LogP contribution in [0.1, 0.15) is 20.3 Å². The maximum Gasteiger partial charge on any atom is 0.331 e. The van der Waals surface area contributed by atoms with E-state index in [2.05, 4.69) is 0 Å². The van der Waals surface area contributed by atoms with Crippen molar-refractivity contribution in [2.45, 2.75) is 26.3 Å². The molecule has 6 heteroatoms. The molecule has 1 saturated heterocycles. The number of rotatable bonds is 2. The van der Waals surface area contributed by atoms with E-state index in [4.69, 9.17) is 23.2 Å². The van der Waals surface area contributed by atoms with Crippen molar-refractivity contribution in [3.63, 3.8) is 0 Å². The maximum absolute atomic E-state index is 12.4. The number of nitrogens with zero attached hydrogens (tertiary/aromatic N) is 2. The largest absolute Gasteiger partial charge is 0.331 e. The zero-order valence-corrected chi connectivity index (χ0v) is 12.2. The molecule has 1 fully saturated rings. The molecule has 0 aliphatic carbocycles. The number of imide groups is 1. The predicted molar refractivity (Wildman–Crippen MR) is 75.8 cm³/mol. The molecule has 4 nitrogen and oxygen atoms in total. The number of hydrogen-bond acceptors (Lipinski definition) is 2. The smallest absolute Gasteiger partial charge is 0.321 e. The number of hydrogen-bond donors (Lipinski definition) is 0. The van der Waals surface area contributed by atoms with Gasteiger partial charge in [0.1, 0.15) is 0 Å². The molecule has 0 N–H and O–H groups in total. The van der Waals surface area contributed by atoms with Gasteiger partial charge in [-0.25, -0.2) is 9.69 Å². The first-order chi connectivity index (χ1) is 8.91. The molecule has 1 heterocycles. The first-order valence-electron chi connectivity index (χ1n) is 6.00. The second kappa shape index (κ2) is 5.39. The third-order valence-electron chi connectivity index (χ3n) is 3.03. The van der Waals surface area contributed by atoms with E-state index in [0.29, 0.717) is 22.3 Å². The summed E-state index contributed by atoms with van der Waals surface area (Å²) < 4.78 is 0. The summed E-state index contributed by atoms with van der Waals surface area (Å²) in [5.74, 6) is -0.258. The fraction of sp³-hybridized carbons (Fsp3) is 0.385. The number of anilines is 1. The molecule has 0 aromatic heterocycles. The van der Waals surface area contributed by atoms with Crippen molar-refractivity contribution in [2.75, 3.05) is 11.4 Å². The minimum Gasteiger partial charge on any atom is -0.321 e. The molecule has 102 valence electrons. The summed E-state index contributed by atoms with van der Waals surface area (Å²) >= 11 is 12.0. The number of halogens is 2. The molecular weight excluding hydrogens is 287 g/mol. The number of urea groups is 1. The second-order valence-electron chi connectivity index (χ2n) is 4.64. The minimum absolute atomic E-state index is 0.0288. The van der Waals surface area contributed by atoms with Crippen LogP contribution in [0.4, 0.5) is 10.5 Å². The summed E-state index contributed by atoms with van der Waals surface area (Å²) in [7, 11) is 0. The molecule has 2 rings (SSSR count). The molecule has 0 spiro atoms. The van der Waals surface area contributed by atoms with Gasteiger partial charge in [-0.1, -0.05) is 23.2 Å². The zero-order chi connectivity index (χ0) is 14.2. The van der Waals surface area contributed by atoms with Crippen LogP contribution in [-0.2, 0) is 4.79 Å². The van der Waals surface area contributed by atoms with E-state index >= 15 is 0 Å². The molecule has 19 heavy (non-hydrogen) atoms. The van der Waals surface area contributed by atoms with E-state index in [0.717, 1.165) is 4.90 Å². The summed E-state index contributed by atoms with van der Waals surface area (Å²) in [5, 5.41) is 0.762. The molecular formula is C13H14Cl2N2O2. The van der Waals surface area contributed by atoms with Gasteiger partial charge in [0, 0.05) is 24.0 Å². The van der Waals surface area contributed by atoms with Crippen LogP contribution in [0.25, 0.3) is 0 Å². The first kappa shape index (κ1) is 14.2. The number of carbonyl (C=O) groups excluding carboxylic acids is 2. The summed E-state index contributed by atoms with van der Waals surface area (Å²) in [6, 6.07) is 4.40. The fourth-order valence-electron chi connectivity index (χ4n) is 2.03. The highest BCUT2D eigenvalue weighted by molar-refractivity contribution is 6.37. The van der Waals surface area contributed by atoms with Gasteiger partial charge in [-0.2, -0.15) is 0 Å². The van der Waals surface area contributed by atoms with E-state index in [-0.39, 0.29) is 24.4 Å². The van der Waals surface area contributed by atoms with Crippen molar-refractivity contribution in [3.05, 3.63) is 28.2 Å². The Hall–Kier alpha value is -1.26. The summed E-state index contributed by atoms with van der Waals surface area (Å²) in [6.07, 6.45) is 0.284. The molecule has 0 unspecified atom stereocenters. The lowest BCUT2D eigenvalue weighted by Gasteiger charge is -2.36. The van der Waals surface area contributed by atoms with Gasteiger partial charge < -0.3 is 4.90 Å². The van der Waals surface area contributed by atoms with Gasteiger partial charge in [-0.05, 0) is 32.0 Å². The Morgan fingerprint density at radius 3 is 2.53 bits per heavy atom. The minimum atomic E-state index is -0.351. The van der Waals surface area contributed by atoms with Gasteiger partial charge in [0.25, 0.3) is 0 Å². The Bertz CT molecular complexity index is 531. The average Bonchev–Trinajstić information content (AvgIpc) is 2.33. The van der Waals surface area contributed by atoms with Crippen molar-refractivity contribution in [3.8, 4) is 0 Å². The SMILES string of the molecule is CC(C)N1CCC(=O)N(c2cc(Cl)ccc2Cl)C1=O. The third kappa shape index (κ3) is 2.69. The lowest BCUT2D eigenvalue weighted by atomic mass is 10.2. The van der Waals surface area contributed by atoms with Gasteiger partial charge in [-0.15, -0.1) is 0 Å². The van der Waals surface area contributed by atoms with E-state index in [1.165, 1.54) is 6.07 Å². The highest BCUT2D eigenvalue weighted by atomic mass is 35.5. The molecule has 0 bridgehead atoms. The molecule has 1 aromatic carbocycles. The lowest BCUT2D eigenvalue weighted by Crippen LogP contribution is -2.54. The quantitative estimate of drug-likeness (QED) is 0.838. The molecule has 3 amide bonds. The highest BCUT2D eigenvalue weighted by Crippen LogP contribution is 2.32. The molecule has 0 atom stereocenters.